The molecule has 1 saturated carbocycles. The Bertz CT molecular complexity index is 879. The minimum absolute atomic E-state index is 0.0533. The van der Waals surface area contributed by atoms with Crippen molar-refractivity contribution in [3.05, 3.63) is 59.7 Å². The van der Waals surface area contributed by atoms with E-state index in [9.17, 15) is 9.59 Å². The summed E-state index contributed by atoms with van der Waals surface area (Å²) >= 11 is 1.50. The van der Waals surface area contributed by atoms with Crippen molar-refractivity contribution in [2.45, 2.75) is 63.1 Å². The molecule has 0 spiro atoms. The average molecular weight is 441 g/mol. The predicted molar refractivity (Wildman–Crippen MR) is 125 cm³/mol. The van der Waals surface area contributed by atoms with Gasteiger partial charge in [0.15, 0.2) is 0 Å². The van der Waals surface area contributed by atoms with Crippen LogP contribution in [0.25, 0.3) is 0 Å². The Hall–Kier alpha value is -2.47. The molecule has 1 atom stereocenters. The van der Waals surface area contributed by atoms with Crippen molar-refractivity contribution in [3.8, 4) is 5.75 Å². The standard InChI is InChI=1S/C25H32N2O3S/c1-18-11-13-23(14-12-18)31-17-24(28)27(16-20-7-6-10-22(15-20)30-3)19(2)25(29)26-21-8-4-5-9-21/h6-7,10-15,19,21H,4-5,8-9,16-17H2,1-3H3,(H,26,29)/t19-/m1/s1. The molecule has 0 saturated heterocycles. The molecule has 3 rings (SSSR count). The second kappa shape index (κ2) is 11.2. The van der Waals surface area contributed by atoms with Gasteiger partial charge in [0.2, 0.25) is 11.8 Å². The van der Waals surface area contributed by atoms with E-state index in [1.807, 2.05) is 62.4 Å². The van der Waals surface area contributed by atoms with E-state index >= 15 is 0 Å². The molecule has 2 aromatic carbocycles. The zero-order valence-corrected chi connectivity index (χ0v) is 19.4. The highest BCUT2D eigenvalue weighted by molar-refractivity contribution is 8.00. The number of thioether (sulfide) groups is 1. The Morgan fingerprint density at radius 2 is 1.87 bits per heavy atom. The first-order chi connectivity index (χ1) is 15.0. The number of methoxy groups -OCH3 is 1. The second-order valence-electron chi connectivity index (χ2n) is 8.14. The molecule has 1 fully saturated rings. The van der Waals surface area contributed by atoms with Gasteiger partial charge in [-0.15, -0.1) is 11.8 Å². The summed E-state index contributed by atoms with van der Waals surface area (Å²) in [6.07, 6.45) is 4.34. The van der Waals surface area contributed by atoms with E-state index in [1.54, 1.807) is 12.0 Å². The van der Waals surface area contributed by atoms with Gasteiger partial charge in [-0.25, -0.2) is 0 Å². The van der Waals surface area contributed by atoms with Gasteiger partial charge in [-0.3, -0.25) is 9.59 Å². The summed E-state index contributed by atoms with van der Waals surface area (Å²) in [4.78, 5) is 28.9. The number of benzene rings is 2. The van der Waals surface area contributed by atoms with Crippen LogP contribution in [0.1, 0.15) is 43.7 Å². The number of nitrogens with zero attached hydrogens (tertiary/aromatic N) is 1. The lowest BCUT2D eigenvalue weighted by Gasteiger charge is -2.29. The number of aryl methyl sites for hydroxylation is 1. The molecular weight excluding hydrogens is 408 g/mol. The summed E-state index contributed by atoms with van der Waals surface area (Å²) in [6, 6.07) is 15.5. The van der Waals surface area contributed by atoms with Gasteiger partial charge >= 0.3 is 0 Å². The highest BCUT2D eigenvalue weighted by Crippen LogP contribution is 2.22. The van der Waals surface area contributed by atoms with Gasteiger partial charge in [0.05, 0.1) is 12.9 Å². The molecule has 1 aliphatic rings. The predicted octanol–water partition coefficient (Wildman–Crippen LogP) is 4.57. The molecule has 0 heterocycles. The molecule has 1 N–H and O–H groups in total. The Morgan fingerprint density at radius 1 is 1.16 bits per heavy atom. The maximum absolute atomic E-state index is 13.2. The van der Waals surface area contributed by atoms with Gasteiger partial charge in [0.1, 0.15) is 11.8 Å². The third kappa shape index (κ3) is 6.76. The van der Waals surface area contributed by atoms with E-state index < -0.39 is 6.04 Å². The molecule has 6 heteroatoms. The lowest BCUT2D eigenvalue weighted by Crippen LogP contribution is -2.50. The summed E-state index contributed by atoms with van der Waals surface area (Å²) in [7, 11) is 1.62. The third-order valence-electron chi connectivity index (χ3n) is 5.74. The molecule has 2 amide bonds. The van der Waals surface area contributed by atoms with Crippen LogP contribution in [0.5, 0.6) is 5.75 Å². The average Bonchev–Trinajstić information content (AvgIpc) is 3.29. The van der Waals surface area contributed by atoms with Crippen molar-refractivity contribution in [1.82, 2.24) is 10.2 Å². The van der Waals surface area contributed by atoms with E-state index in [0.29, 0.717) is 6.54 Å². The molecule has 0 unspecified atom stereocenters. The van der Waals surface area contributed by atoms with Gasteiger partial charge in [0, 0.05) is 17.5 Å². The normalized spacial score (nSPS) is 14.8. The monoisotopic (exact) mass is 440 g/mol. The fourth-order valence-electron chi connectivity index (χ4n) is 3.80. The van der Waals surface area contributed by atoms with Crippen molar-refractivity contribution in [2.24, 2.45) is 0 Å². The van der Waals surface area contributed by atoms with Gasteiger partial charge in [0.25, 0.3) is 0 Å². The van der Waals surface area contributed by atoms with Crippen LogP contribution in [0.3, 0.4) is 0 Å². The van der Waals surface area contributed by atoms with Crippen LogP contribution in [0, 0.1) is 6.92 Å². The van der Waals surface area contributed by atoms with E-state index in [4.69, 9.17) is 4.74 Å². The van der Waals surface area contributed by atoms with Crippen LogP contribution in [0.4, 0.5) is 0 Å². The van der Waals surface area contributed by atoms with Crippen molar-refractivity contribution in [2.75, 3.05) is 12.9 Å². The van der Waals surface area contributed by atoms with Crippen LogP contribution in [-0.2, 0) is 16.1 Å². The zero-order chi connectivity index (χ0) is 22.2. The molecule has 0 aromatic heterocycles. The molecular formula is C25H32N2O3S. The van der Waals surface area contributed by atoms with Gasteiger partial charge in [-0.05, 0) is 56.5 Å². The van der Waals surface area contributed by atoms with Crippen LogP contribution >= 0.6 is 11.8 Å². The van der Waals surface area contributed by atoms with Crippen molar-refractivity contribution >= 4 is 23.6 Å². The van der Waals surface area contributed by atoms with E-state index in [1.165, 1.54) is 17.3 Å². The van der Waals surface area contributed by atoms with Crippen LogP contribution < -0.4 is 10.1 Å². The molecule has 2 aromatic rings. The van der Waals surface area contributed by atoms with E-state index in [-0.39, 0.29) is 23.6 Å². The fourth-order valence-corrected chi connectivity index (χ4v) is 4.59. The Morgan fingerprint density at radius 3 is 2.55 bits per heavy atom. The fraction of sp³-hybridized carbons (Fsp3) is 0.440. The molecule has 5 nitrogen and oxygen atoms in total. The van der Waals surface area contributed by atoms with Gasteiger partial charge in [-0.1, -0.05) is 42.7 Å². The summed E-state index contributed by atoms with van der Waals surface area (Å²) in [6.45, 7) is 4.22. The Labute approximate surface area is 189 Å². The van der Waals surface area contributed by atoms with Crippen molar-refractivity contribution in [1.29, 1.82) is 0 Å². The first-order valence-corrected chi connectivity index (χ1v) is 11.9. The molecule has 166 valence electrons. The van der Waals surface area contributed by atoms with Gasteiger partial charge < -0.3 is 15.0 Å². The zero-order valence-electron chi connectivity index (χ0n) is 18.6. The first-order valence-electron chi connectivity index (χ1n) is 10.9. The summed E-state index contributed by atoms with van der Waals surface area (Å²) < 4.78 is 5.32. The number of carbonyl (C=O) groups is 2. The number of ether oxygens (including phenoxy) is 1. The second-order valence-corrected chi connectivity index (χ2v) is 9.19. The number of nitrogens with one attached hydrogen (secondary N) is 1. The van der Waals surface area contributed by atoms with E-state index in [0.717, 1.165) is 41.9 Å². The van der Waals surface area contributed by atoms with Crippen LogP contribution in [0.15, 0.2) is 53.4 Å². The first kappa shape index (κ1) is 23.2. The minimum atomic E-state index is -0.544. The lowest BCUT2D eigenvalue weighted by atomic mass is 10.1. The maximum Gasteiger partial charge on any atom is 0.242 e. The molecule has 0 aliphatic heterocycles. The Kier molecular flexibility index (Phi) is 8.41. The lowest BCUT2D eigenvalue weighted by molar-refractivity contribution is -0.138. The Balaban J connectivity index is 1.72. The number of hydrogen-bond donors (Lipinski definition) is 1. The molecule has 0 radical (unpaired) electrons. The number of hydrogen-bond acceptors (Lipinski definition) is 4. The largest absolute Gasteiger partial charge is 0.497 e. The highest BCUT2D eigenvalue weighted by Gasteiger charge is 2.28. The number of carbonyl (C=O) groups excluding carboxylic acids is 2. The quantitative estimate of drug-likeness (QED) is 0.580. The highest BCUT2D eigenvalue weighted by atomic mass is 32.2. The van der Waals surface area contributed by atoms with Crippen LogP contribution in [0.2, 0.25) is 0 Å². The smallest absolute Gasteiger partial charge is 0.242 e. The topological polar surface area (TPSA) is 58.6 Å². The van der Waals surface area contributed by atoms with Crippen molar-refractivity contribution in [3.63, 3.8) is 0 Å². The molecule has 1 aliphatic carbocycles. The number of rotatable bonds is 9. The molecule has 31 heavy (non-hydrogen) atoms. The van der Waals surface area contributed by atoms with Crippen LogP contribution in [-0.4, -0.2) is 41.7 Å². The molecule has 0 bridgehead atoms. The summed E-state index contributed by atoms with van der Waals surface area (Å²) in [5.41, 5.74) is 2.13. The number of amides is 2. The van der Waals surface area contributed by atoms with Gasteiger partial charge in [-0.2, -0.15) is 0 Å². The third-order valence-corrected chi connectivity index (χ3v) is 6.74. The maximum atomic E-state index is 13.2. The van der Waals surface area contributed by atoms with E-state index in [2.05, 4.69) is 5.32 Å². The minimum Gasteiger partial charge on any atom is -0.497 e. The summed E-state index contributed by atoms with van der Waals surface area (Å²) in [5, 5.41) is 3.14. The SMILES string of the molecule is COc1cccc(CN(C(=O)CSc2ccc(C)cc2)[C@H](C)C(=O)NC2CCCC2)c1. The summed E-state index contributed by atoms with van der Waals surface area (Å²) in [5.74, 6) is 0.890. The van der Waals surface area contributed by atoms with Crippen molar-refractivity contribution < 1.29 is 14.3 Å².